The van der Waals surface area contributed by atoms with Gasteiger partial charge in [-0.05, 0) is 67.6 Å². The summed E-state index contributed by atoms with van der Waals surface area (Å²) in [4.78, 5) is 15.2. The quantitative estimate of drug-likeness (QED) is 0.559. The highest BCUT2D eigenvalue weighted by Crippen LogP contribution is 2.38. The Bertz CT molecular complexity index is 1360. The molecule has 1 fully saturated rings. The molecule has 0 bridgehead atoms. The summed E-state index contributed by atoms with van der Waals surface area (Å²) >= 11 is 6.31. The van der Waals surface area contributed by atoms with Crippen LogP contribution in [0, 0.1) is 0 Å². The molecule has 6 nitrogen and oxygen atoms in total. The zero-order chi connectivity index (χ0) is 24.9. The van der Waals surface area contributed by atoms with Crippen LogP contribution in [0.4, 0.5) is 18.9 Å². The van der Waals surface area contributed by atoms with Gasteiger partial charge in [0.1, 0.15) is 5.75 Å². The second-order valence-corrected chi connectivity index (χ2v) is 9.22. The van der Waals surface area contributed by atoms with Gasteiger partial charge in [-0.25, -0.2) is 0 Å². The third kappa shape index (κ3) is 4.27. The molecule has 2 aliphatic rings. The molecule has 184 valence electrons. The van der Waals surface area contributed by atoms with Crippen molar-refractivity contribution in [2.24, 2.45) is 0 Å². The smallest absolute Gasteiger partial charge is 0.418 e. The number of benzene rings is 2. The minimum atomic E-state index is -4.69. The summed E-state index contributed by atoms with van der Waals surface area (Å²) in [6.07, 6.45) is -2.93. The van der Waals surface area contributed by atoms with Crippen LogP contribution in [0.1, 0.15) is 29.5 Å². The van der Waals surface area contributed by atoms with E-state index in [1.165, 1.54) is 19.2 Å². The van der Waals surface area contributed by atoms with Gasteiger partial charge in [-0.3, -0.25) is 4.79 Å². The van der Waals surface area contributed by atoms with Gasteiger partial charge in [0.25, 0.3) is 5.56 Å². The molecule has 35 heavy (non-hydrogen) atoms. The highest BCUT2D eigenvalue weighted by molar-refractivity contribution is 6.32. The van der Waals surface area contributed by atoms with E-state index < -0.39 is 23.4 Å². The summed E-state index contributed by atoms with van der Waals surface area (Å²) in [5.74, 6) is 0.459. The lowest BCUT2D eigenvalue weighted by atomic mass is 10.0. The van der Waals surface area contributed by atoms with E-state index in [2.05, 4.69) is 5.10 Å². The van der Waals surface area contributed by atoms with Crippen LogP contribution in [0.5, 0.6) is 5.75 Å². The molecule has 1 N–H and O–H groups in total. The number of halogens is 4. The van der Waals surface area contributed by atoms with Crippen molar-refractivity contribution < 1.29 is 23.0 Å². The first-order valence-corrected chi connectivity index (χ1v) is 11.7. The molecule has 1 atom stereocenters. The average molecular weight is 506 g/mol. The molecule has 10 heteroatoms. The van der Waals surface area contributed by atoms with E-state index in [1.807, 2.05) is 0 Å². The SMILES string of the molecule is COc1ccc(-c2nn(-c3cc(N4CCC(O)C4)ccc3C(F)(F)F)c(=O)c3c2CCC3)cc1Cl. The van der Waals surface area contributed by atoms with E-state index in [-0.39, 0.29) is 5.69 Å². The molecule has 1 saturated heterocycles. The van der Waals surface area contributed by atoms with E-state index in [4.69, 9.17) is 16.3 Å². The average Bonchev–Trinajstić information content (AvgIpc) is 3.48. The molecule has 0 saturated carbocycles. The minimum absolute atomic E-state index is 0.312. The van der Waals surface area contributed by atoms with Gasteiger partial charge in [0.05, 0.1) is 35.2 Å². The highest BCUT2D eigenvalue weighted by atomic mass is 35.5. The minimum Gasteiger partial charge on any atom is -0.495 e. The van der Waals surface area contributed by atoms with Crippen molar-refractivity contribution in [1.29, 1.82) is 0 Å². The second-order valence-electron chi connectivity index (χ2n) is 8.81. The Labute approximate surface area is 204 Å². The van der Waals surface area contributed by atoms with Crippen LogP contribution in [-0.2, 0) is 19.0 Å². The van der Waals surface area contributed by atoms with Gasteiger partial charge in [-0.1, -0.05) is 11.6 Å². The maximum Gasteiger partial charge on any atom is 0.418 e. The molecule has 5 rings (SSSR count). The molecule has 1 aliphatic heterocycles. The van der Waals surface area contributed by atoms with Crippen LogP contribution >= 0.6 is 11.6 Å². The van der Waals surface area contributed by atoms with Crippen LogP contribution in [0.15, 0.2) is 41.2 Å². The van der Waals surface area contributed by atoms with Crippen LogP contribution in [0.2, 0.25) is 5.02 Å². The van der Waals surface area contributed by atoms with Gasteiger partial charge in [-0.15, -0.1) is 0 Å². The Balaban J connectivity index is 1.73. The Morgan fingerprint density at radius 1 is 1.14 bits per heavy atom. The largest absolute Gasteiger partial charge is 0.495 e. The summed E-state index contributed by atoms with van der Waals surface area (Å²) in [6.45, 7) is 0.820. The first kappa shape index (κ1) is 23.7. The van der Waals surface area contributed by atoms with E-state index in [0.717, 1.165) is 16.3 Å². The number of fused-ring (bicyclic) bond motifs is 1. The molecule has 0 amide bonds. The number of anilines is 1. The van der Waals surface area contributed by atoms with Crippen LogP contribution in [-0.4, -0.2) is 41.2 Å². The monoisotopic (exact) mass is 505 g/mol. The first-order chi connectivity index (χ1) is 16.7. The molecule has 0 spiro atoms. The molecule has 1 aliphatic carbocycles. The number of β-amino-alcohol motifs (C(OH)–C–C–N with tert-alkyl or cyclic N) is 1. The van der Waals surface area contributed by atoms with Gasteiger partial charge < -0.3 is 14.7 Å². The summed E-state index contributed by atoms with van der Waals surface area (Å²) in [7, 11) is 1.49. The summed E-state index contributed by atoms with van der Waals surface area (Å²) in [6, 6.07) is 8.71. The number of ether oxygens (including phenoxy) is 1. The Morgan fingerprint density at radius 3 is 2.57 bits per heavy atom. The van der Waals surface area contributed by atoms with Gasteiger partial charge in [0.2, 0.25) is 0 Å². The van der Waals surface area contributed by atoms with E-state index in [9.17, 15) is 23.1 Å². The van der Waals surface area contributed by atoms with E-state index >= 15 is 0 Å². The summed E-state index contributed by atoms with van der Waals surface area (Å²) < 4.78 is 48.2. The number of aliphatic hydroxyl groups excluding tert-OH is 1. The highest BCUT2D eigenvalue weighted by Gasteiger charge is 2.36. The third-order valence-corrected chi connectivity index (χ3v) is 6.92. The lowest BCUT2D eigenvalue weighted by Crippen LogP contribution is -2.29. The van der Waals surface area contributed by atoms with E-state index in [0.29, 0.717) is 72.1 Å². The Morgan fingerprint density at radius 2 is 1.91 bits per heavy atom. The number of aromatic nitrogens is 2. The van der Waals surface area contributed by atoms with Crippen LogP contribution < -0.4 is 15.2 Å². The zero-order valence-electron chi connectivity index (χ0n) is 18.9. The fourth-order valence-corrected chi connectivity index (χ4v) is 5.15. The standard InChI is InChI=1S/C25H23ClF3N3O3/c1-35-22-8-5-14(11-20(22)26)23-17-3-2-4-18(17)24(34)32(30-23)21-12-15(31-10-9-16(33)13-31)6-7-19(21)25(27,28)29/h5-8,11-12,16,33H,2-4,9-10,13H2,1H3. The van der Waals surface area contributed by atoms with Gasteiger partial charge in [-0.2, -0.15) is 23.0 Å². The number of hydrogen-bond acceptors (Lipinski definition) is 5. The molecular formula is C25H23ClF3N3O3. The van der Waals surface area contributed by atoms with Crippen molar-refractivity contribution >= 4 is 17.3 Å². The van der Waals surface area contributed by atoms with Crippen molar-refractivity contribution in [3.8, 4) is 22.7 Å². The zero-order valence-corrected chi connectivity index (χ0v) is 19.7. The van der Waals surface area contributed by atoms with Crippen molar-refractivity contribution in [2.75, 3.05) is 25.1 Å². The normalized spacial score (nSPS) is 17.7. The topological polar surface area (TPSA) is 67.6 Å². The Kier molecular flexibility index (Phi) is 6.01. The molecule has 1 unspecified atom stereocenters. The lowest BCUT2D eigenvalue weighted by Gasteiger charge is -2.22. The van der Waals surface area contributed by atoms with Gasteiger partial charge in [0, 0.05) is 29.9 Å². The molecule has 3 aromatic rings. The number of rotatable bonds is 4. The predicted molar refractivity (Wildman–Crippen MR) is 127 cm³/mol. The van der Waals surface area contributed by atoms with Crippen LogP contribution in [0.25, 0.3) is 16.9 Å². The number of methoxy groups -OCH3 is 1. The third-order valence-electron chi connectivity index (χ3n) is 6.62. The number of nitrogens with zero attached hydrogens (tertiary/aromatic N) is 3. The van der Waals surface area contributed by atoms with Crippen molar-refractivity contribution in [3.63, 3.8) is 0 Å². The van der Waals surface area contributed by atoms with Gasteiger partial charge >= 0.3 is 6.18 Å². The van der Waals surface area contributed by atoms with Crippen molar-refractivity contribution in [1.82, 2.24) is 9.78 Å². The predicted octanol–water partition coefficient (Wildman–Crippen LogP) is 4.64. The second kappa shape index (κ2) is 8.87. The number of aliphatic hydroxyl groups is 1. The fraction of sp³-hybridized carbons (Fsp3) is 0.360. The Hall–Kier alpha value is -3.04. The molecule has 2 heterocycles. The molecular weight excluding hydrogens is 483 g/mol. The molecule has 0 radical (unpaired) electrons. The van der Waals surface area contributed by atoms with E-state index in [1.54, 1.807) is 23.1 Å². The maximum atomic E-state index is 14.0. The van der Waals surface area contributed by atoms with Crippen molar-refractivity contribution in [2.45, 2.75) is 38.0 Å². The number of alkyl halides is 3. The molecule has 1 aromatic heterocycles. The maximum absolute atomic E-state index is 14.0. The fourth-order valence-electron chi connectivity index (χ4n) is 4.89. The lowest BCUT2D eigenvalue weighted by molar-refractivity contribution is -0.137. The van der Waals surface area contributed by atoms with Crippen LogP contribution in [0.3, 0.4) is 0 Å². The first-order valence-electron chi connectivity index (χ1n) is 11.3. The summed E-state index contributed by atoms with van der Waals surface area (Å²) in [5.41, 5.74) is 0.880. The number of hydrogen-bond donors (Lipinski definition) is 1. The summed E-state index contributed by atoms with van der Waals surface area (Å²) in [5, 5.41) is 14.7. The van der Waals surface area contributed by atoms with Gasteiger partial charge in [0.15, 0.2) is 0 Å². The van der Waals surface area contributed by atoms with Crippen molar-refractivity contribution in [3.05, 3.63) is 68.5 Å². The molecule has 2 aromatic carbocycles.